The Labute approximate surface area is 161 Å². The Kier molecular flexibility index (Phi) is 6.94. The molecule has 1 heterocycles. The molecule has 2 amide bonds. The summed E-state index contributed by atoms with van der Waals surface area (Å²) in [4.78, 5) is 51.2. The first-order chi connectivity index (χ1) is 12.6. The van der Waals surface area contributed by atoms with E-state index in [-0.39, 0.29) is 19.3 Å². The van der Waals surface area contributed by atoms with Crippen LogP contribution < -0.4 is 5.19 Å². The minimum Gasteiger partial charge on any atom is -0.427 e. The van der Waals surface area contributed by atoms with E-state index in [1.165, 1.54) is 0 Å². The maximum Gasteiger partial charge on any atom is 0.337 e. The third-order valence-electron chi connectivity index (χ3n) is 4.53. The zero-order valence-electron chi connectivity index (χ0n) is 16.5. The van der Waals surface area contributed by atoms with Crippen LogP contribution in [0.4, 0.5) is 0 Å². The molecule has 7 heteroatoms. The predicted octanol–water partition coefficient (Wildman–Crippen LogP) is 2.29. The van der Waals surface area contributed by atoms with Gasteiger partial charge < -0.3 is 9.63 Å². The lowest BCUT2D eigenvalue weighted by Gasteiger charge is -2.29. The fraction of sp³-hybridized carbons (Fsp3) is 0.550. The number of amides is 2. The van der Waals surface area contributed by atoms with Crippen LogP contribution in [0.15, 0.2) is 24.3 Å². The monoisotopic (exact) mass is 391 g/mol. The highest BCUT2D eigenvalue weighted by molar-refractivity contribution is 6.85. The van der Waals surface area contributed by atoms with Crippen LogP contribution in [0.25, 0.3) is 0 Å². The van der Waals surface area contributed by atoms with Crippen LogP contribution in [-0.4, -0.2) is 36.0 Å². The van der Waals surface area contributed by atoms with Gasteiger partial charge in [0, 0.05) is 12.8 Å². The number of carbonyl (C=O) groups excluding carboxylic acids is 3. The topological polar surface area (TPSA) is 83.9 Å². The number of imide groups is 1. The van der Waals surface area contributed by atoms with Gasteiger partial charge in [-0.05, 0) is 34.7 Å². The molecule has 0 spiro atoms. The molecule has 6 nitrogen and oxygen atoms in total. The summed E-state index contributed by atoms with van der Waals surface area (Å²) in [6.45, 7) is 8.46. The van der Waals surface area contributed by atoms with Gasteiger partial charge in [-0.25, -0.2) is 4.79 Å². The summed E-state index contributed by atoms with van der Waals surface area (Å²) in [6, 6.07) is 9.00. The van der Waals surface area contributed by atoms with E-state index in [1.807, 2.05) is 24.3 Å². The van der Waals surface area contributed by atoms with Crippen molar-refractivity contribution >= 4 is 31.3 Å². The summed E-state index contributed by atoms with van der Waals surface area (Å²) < 4.78 is 0. The van der Waals surface area contributed by atoms with E-state index in [0.29, 0.717) is 22.5 Å². The molecule has 0 bridgehead atoms. The van der Waals surface area contributed by atoms with Gasteiger partial charge in [-0.15, -0.1) is 5.06 Å². The molecular formula is C20H29NO5Si. The largest absolute Gasteiger partial charge is 0.427 e. The zero-order valence-corrected chi connectivity index (χ0v) is 17.5. The highest BCUT2D eigenvalue weighted by Crippen LogP contribution is 2.23. The summed E-state index contributed by atoms with van der Waals surface area (Å²) in [7, 11) is -2.58. The molecule has 1 aliphatic rings. The molecule has 1 fully saturated rings. The Hall–Kier alpha value is -1.99. The molecule has 0 unspecified atom stereocenters. The van der Waals surface area contributed by atoms with Crippen LogP contribution in [0, 0.1) is 11.8 Å². The first kappa shape index (κ1) is 21.3. The van der Waals surface area contributed by atoms with Crippen molar-refractivity contribution in [3.63, 3.8) is 0 Å². The van der Waals surface area contributed by atoms with Crippen LogP contribution in [0.2, 0.25) is 12.1 Å². The summed E-state index contributed by atoms with van der Waals surface area (Å²) in [5, 5.41) is 1.53. The highest BCUT2D eigenvalue weighted by atomic mass is 28.4. The molecular weight excluding hydrogens is 362 g/mol. The Morgan fingerprint density at radius 1 is 1.04 bits per heavy atom. The number of nitrogens with zero attached hydrogens (tertiary/aromatic N) is 1. The second kappa shape index (κ2) is 8.80. The predicted molar refractivity (Wildman–Crippen MR) is 104 cm³/mol. The van der Waals surface area contributed by atoms with E-state index in [1.54, 1.807) is 0 Å². The van der Waals surface area contributed by atoms with Gasteiger partial charge in [0.15, 0.2) is 0 Å². The van der Waals surface area contributed by atoms with Crippen LogP contribution in [0.3, 0.4) is 0 Å². The van der Waals surface area contributed by atoms with Crippen molar-refractivity contribution < 1.29 is 24.0 Å². The molecule has 1 aliphatic heterocycles. The third-order valence-corrected chi connectivity index (χ3v) is 8.92. The molecule has 148 valence electrons. The van der Waals surface area contributed by atoms with Crippen molar-refractivity contribution in [1.82, 2.24) is 5.06 Å². The molecule has 2 rings (SSSR count). The zero-order chi connectivity index (χ0) is 20.2. The number of hydroxylamine groups is 2. The average molecular weight is 392 g/mol. The van der Waals surface area contributed by atoms with Crippen LogP contribution in [-0.2, 0) is 25.6 Å². The maximum atomic E-state index is 12.0. The first-order valence-corrected chi connectivity index (χ1v) is 11.8. The highest BCUT2D eigenvalue weighted by Gasteiger charge is 2.35. The van der Waals surface area contributed by atoms with E-state index in [0.717, 1.165) is 17.3 Å². The van der Waals surface area contributed by atoms with Crippen molar-refractivity contribution in [1.29, 1.82) is 0 Å². The Bertz CT molecular complexity index is 673. The van der Waals surface area contributed by atoms with Crippen molar-refractivity contribution in [3.8, 4) is 0 Å². The number of hydrogen-bond acceptors (Lipinski definition) is 5. The third kappa shape index (κ3) is 5.74. The van der Waals surface area contributed by atoms with Crippen LogP contribution >= 0.6 is 0 Å². The summed E-state index contributed by atoms with van der Waals surface area (Å²) in [5.74, 6) is -0.802. The number of carbonyl (C=O) groups is 3. The minimum absolute atomic E-state index is 0.0360. The number of rotatable bonds is 8. The standard InChI is InChI=1S/C20H29NO5Si/c1-14(2)12-27(25,13-15(3)4)17-7-5-16(6-8-17)11-20(24)26-21-18(22)9-10-19(21)23/h5-8,14-15,25H,9-13H2,1-4H3. The average Bonchev–Trinajstić information content (AvgIpc) is 2.85. The van der Waals surface area contributed by atoms with Gasteiger partial charge in [0.2, 0.25) is 8.32 Å². The van der Waals surface area contributed by atoms with E-state index in [2.05, 4.69) is 27.7 Å². The molecule has 0 radical (unpaired) electrons. The maximum absolute atomic E-state index is 12.0. The lowest BCUT2D eigenvalue weighted by atomic mass is 10.1. The van der Waals surface area contributed by atoms with Gasteiger partial charge in [-0.2, -0.15) is 0 Å². The fourth-order valence-electron chi connectivity index (χ4n) is 3.56. The SMILES string of the molecule is CC(C)C[Si](O)(CC(C)C)c1ccc(CC(=O)ON2C(=O)CCC2=O)cc1. The molecule has 1 aromatic rings. The molecule has 0 atom stereocenters. The second-order valence-corrected chi connectivity index (χ2v) is 11.6. The smallest absolute Gasteiger partial charge is 0.337 e. The summed E-state index contributed by atoms with van der Waals surface area (Å²) >= 11 is 0. The van der Waals surface area contributed by atoms with E-state index < -0.39 is 26.1 Å². The Morgan fingerprint density at radius 2 is 1.52 bits per heavy atom. The van der Waals surface area contributed by atoms with Crippen molar-refractivity contribution in [2.45, 2.75) is 59.0 Å². The summed E-state index contributed by atoms with van der Waals surface area (Å²) in [6.07, 6.45) is 0.122. The number of benzene rings is 1. The fourth-order valence-corrected chi connectivity index (χ4v) is 7.69. The lowest BCUT2D eigenvalue weighted by Crippen LogP contribution is -2.49. The van der Waals surface area contributed by atoms with E-state index >= 15 is 0 Å². The minimum atomic E-state index is -2.58. The molecule has 0 aliphatic carbocycles. The van der Waals surface area contributed by atoms with Crippen LogP contribution in [0.5, 0.6) is 0 Å². The van der Waals surface area contributed by atoms with Gasteiger partial charge >= 0.3 is 5.97 Å². The van der Waals surface area contributed by atoms with Gasteiger partial charge in [-0.3, -0.25) is 9.59 Å². The lowest BCUT2D eigenvalue weighted by molar-refractivity contribution is -0.197. The van der Waals surface area contributed by atoms with Gasteiger partial charge in [0.1, 0.15) is 0 Å². The summed E-state index contributed by atoms with van der Waals surface area (Å²) in [5.41, 5.74) is 0.716. The molecule has 0 aromatic heterocycles. The molecule has 1 N–H and O–H groups in total. The van der Waals surface area contributed by atoms with Gasteiger partial charge in [0.25, 0.3) is 11.8 Å². The second-order valence-electron chi connectivity index (χ2n) is 8.15. The Balaban J connectivity index is 2.05. The molecule has 0 saturated carbocycles. The first-order valence-electron chi connectivity index (χ1n) is 9.49. The van der Waals surface area contributed by atoms with E-state index in [9.17, 15) is 19.2 Å². The van der Waals surface area contributed by atoms with E-state index in [4.69, 9.17) is 4.84 Å². The van der Waals surface area contributed by atoms with Gasteiger partial charge in [0.05, 0.1) is 6.42 Å². The molecule has 1 saturated heterocycles. The molecule has 1 aromatic carbocycles. The molecule has 27 heavy (non-hydrogen) atoms. The quantitative estimate of drug-likeness (QED) is 0.543. The van der Waals surface area contributed by atoms with Crippen molar-refractivity contribution in [3.05, 3.63) is 29.8 Å². The van der Waals surface area contributed by atoms with Crippen molar-refractivity contribution in [2.75, 3.05) is 0 Å². The van der Waals surface area contributed by atoms with Crippen LogP contribution in [0.1, 0.15) is 46.1 Å². The Morgan fingerprint density at radius 3 is 1.96 bits per heavy atom. The van der Waals surface area contributed by atoms with Gasteiger partial charge in [-0.1, -0.05) is 52.0 Å². The van der Waals surface area contributed by atoms with Crippen molar-refractivity contribution in [2.24, 2.45) is 11.8 Å². The normalized spacial score (nSPS) is 15.1. The number of hydrogen-bond donors (Lipinski definition) is 1.